The first-order valence-corrected chi connectivity index (χ1v) is 7.43. The zero-order valence-corrected chi connectivity index (χ0v) is 11.8. The molecule has 0 aromatic heterocycles. The van der Waals surface area contributed by atoms with E-state index < -0.39 is 11.7 Å². The summed E-state index contributed by atoms with van der Waals surface area (Å²) in [5.74, 6) is 0. The summed E-state index contributed by atoms with van der Waals surface area (Å²) in [5, 5.41) is 0.261. The van der Waals surface area contributed by atoms with Crippen molar-refractivity contribution in [2.24, 2.45) is 0 Å². The topological polar surface area (TPSA) is 3.24 Å². The van der Waals surface area contributed by atoms with Gasteiger partial charge in [0.2, 0.25) is 0 Å². The number of hydrogen-bond acceptors (Lipinski definition) is 1. The SMILES string of the molecule is FC(F)(F)c1ccc(CN2C3CCC2CC(Cl)C3)cc1. The number of nitrogens with zero attached hydrogens (tertiary/aromatic N) is 1. The largest absolute Gasteiger partial charge is 0.416 e. The molecule has 2 aliphatic heterocycles. The molecule has 2 unspecified atom stereocenters. The minimum Gasteiger partial charge on any atom is -0.293 e. The van der Waals surface area contributed by atoms with Crippen LogP contribution in [0.5, 0.6) is 0 Å². The second-order valence-corrected chi connectivity index (χ2v) is 6.44. The van der Waals surface area contributed by atoms with Gasteiger partial charge >= 0.3 is 6.18 Å². The van der Waals surface area contributed by atoms with Crippen LogP contribution in [-0.4, -0.2) is 22.4 Å². The first-order chi connectivity index (χ1) is 9.43. The van der Waals surface area contributed by atoms with Crippen LogP contribution >= 0.6 is 11.6 Å². The zero-order valence-electron chi connectivity index (χ0n) is 11.0. The van der Waals surface area contributed by atoms with Gasteiger partial charge in [-0.3, -0.25) is 4.90 Å². The third-order valence-corrected chi connectivity index (χ3v) is 4.83. The molecule has 110 valence electrons. The molecule has 2 fully saturated rings. The van der Waals surface area contributed by atoms with Crippen LogP contribution in [0.25, 0.3) is 0 Å². The van der Waals surface area contributed by atoms with E-state index in [1.54, 1.807) is 12.1 Å². The molecule has 1 nitrogen and oxygen atoms in total. The Labute approximate surface area is 121 Å². The van der Waals surface area contributed by atoms with Gasteiger partial charge in [-0.25, -0.2) is 0 Å². The number of halogens is 4. The van der Waals surface area contributed by atoms with Gasteiger partial charge in [0, 0.05) is 24.0 Å². The maximum Gasteiger partial charge on any atom is 0.416 e. The summed E-state index contributed by atoms with van der Waals surface area (Å²) in [7, 11) is 0. The Morgan fingerprint density at radius 1 is 1.05 bits per heavy atom. The van der Waals surface area contributed by atoms with Gasteiger partial charge in [-0.1, -0.05) is 12.1 Å². The van der Waals surface area contributed by atoms with Crippen LogP contribution in [-0.2, 0) is 12.7 Å². The molecule has 5 heteroatoms. The molecule has 0 amide bonds. The molecule has 1 aromatic rings. The maximum atomic E-state index is 12.5. The lowest BCUT2D eigenvalue weighted by Crippen LogP contribution is -2.42. The molecule has 2 aliphatic rings. The van der Waals surface area contributed by atoms with E-state index in [4.69, 9.17) is 11.6 Å². The van der Waals surface area contributed by atoms with E-state index >= 15 is 0 Å². The molecule has 0 saturated carbocycles. The summed E-state index contributed by atoms with van der Waals surface area (Å²) >= 11 is 6.23. The van der Waals surface area contributed by atoms with Crippen LogP contribution in [0.1, 0.15) is 36.8 Å². The predicted molar refractivity (Wildman–Crippen MR) is 72.7 cm³/mol. The Kier molecular flexibility index (Phi) is 3.71. The van der Waals surface area contributed by atoms with Gasteiger partial charge in [0.25, 0.3) is 0 Å². The Hall–Kier alpha value is -0.740. The van der Waals surface area contributed by atoms with Crippen LogP contribution in [0.4, 0.5) is 13.2 Å². The summed E-state index contributed by atoms with van der Waals surface area (Å²) in [4.78, 5) is 2.42. The van der Waals surface area contributed by atoms with Crippen molar-refractivity contribution in [1.82, 2.24) is 4.90 Å². The summed E-state index contributed by atoms with van der Waals surface area (Å²) in [6.45, 7) is 0.733. The molecule has 0 radical (unpaired) electrons. The summed E-state index contributed by atoms with van der Waals surface area (Å²) in [6.07, 6.45) is 0.0644. The van der Waals surface area contributed by atoms with Crippen LogP contribution in [0.15, 0.2) is 24.3 Å². The van der Waals surface area contributed by atoms with Crippen LogP contribution < -0.4 is 0 Å². The molecule has 2 heterocycles. The molecule has 1 aromatic carbocycles. The van der Waals surface area contributed by atoms with E-state index in [2.05, 4.69) is 4.90 Å². The lowest BCUT2D eigenvalue weighted by molar-refractivity contribution is -0.137. The fraction of sp³-hybridized carbons (Fsp3) is 0.600. The average molecular weight is 304 g/mol. The molecular weight excluding hydrogens is 287 g/mol. The van der Waals surface area contributed by atoms with Gasteiger partial charge in [0.1, 0.15) is 0 Å². The monoisotopic (exact) mass is 303 g/mol. The first kappa shape index (κ1) is 14.2. The highest BCUT2D eigenvalue weighted by molar-refractivity contribution is 6.20. The van der Waals surface area contributed by atoms with Crippen molar-refractivity contribution in [3.8, 4) is 0 Å². The molecular formula is C15H17ClF3N. The second-order valence-electron chi connectivity index (χ2n) is 5.82. The van der Waals surface area contributed by atoms with Gasteiger partial charge in [-0.2, -0.15) is 13.2 Å². The number of piperidine rings is 1. The Morgan fingerprint density at radius 2 is 1.60 bits per heavy atom. The fourth-order valence-electron chi connectivity index (χ4n) is 3.48. The highest BCUT2D eigenvalue weighted by Crippen LogP contribution is 2.39. The van der Waals surface area contributed by atoms with Gasteiger partial charge in [-0.15, -0.1) is 11.6 Å². The summed E-state index contributed by atoms with van der Waals surface area (Å²) in [6, 6.07) is 6.53. The number of fused-ring (bicyclic) bond motifs is 2. The molecule has 0 N–H and O–H groups in total. The van der Waals surface area contributed by atoms with E-state index in [-0.39, 0.29) is 5.38 Å². The van der Waals surface area contributed by atoms with E-state index in [0.717, 1.165) is 37.8 Å². The van der Waals surface area contributed by atoms with E-state index in [1.807, 2.05) is 0 Å². The predicted octanol–water partition coefficient (Wildman–Crippen LogP) is 4.44. The quantitative estimate of drug-likeness (QED) is 0.730. The fourth-order valence-corrected chi connectivity index (χ4v) is 3.89. The molecule has 2 bridgehead atoms. The lowest BCUT2D eigenvalue weighted by Gasteiger charge is -2.37. The van der Waals surface area contributed by atoms with Gasteiger partial charge < -0.3 is 0 Å². The Bertz CT molecular complexity index is 457. The number of alkyl halides is 4. The van der Waals surface area contributed by atoms with E-state index in [0.29, 0.717) is 12.1 Å². The van der Waals surface area contributed by atoms with Crippen molar-refractivity contribution >= 4 is 11.6 Å². The average Bonchev–Trinajstić information content (AvgIpc) is 2.62. The molecule has 2 saturated heterocycles. The second kappa shape index (κ2) is 5.23. The minimum atomic E-state index is -4.26. The van der Waals surface area contributed by atoms with Crippen molar-refractivity contribution < 1.29 is 13.2 Å². The molecule has 0 aliphatic carbocycles. The van der Waals surface area contributed by atoms with E-state index in [9.17, 15) is 13.2 Å². The molecule has 20 heavy (non-hydrogen) atoms. The highest BCUT2D eigenvalue weighted by Gasteiger charge is 2.39. The highest BCUT2D eigenvalue weighted by atomic mass is 35.5. The van der Waals surface area contributed by atoms with E-state index in [1.165, 1.54) is 12.1 Å². The number of hydrogen-bond donors (Lipinski definition) is 0. The van der Waals surface area contributed by atoms with Crippen molar-refractivity contribution in [2.75, 3.05) is 0 Å². The third kappa shape index (κ3) is 2.82. The van der Waals surface area contributed by atoms with Crippen LogP contribution in [0.3, 0.4) is 0 Å². The Balaban J connectivity index is 1.70. The van der Waals surface area contributed by atoms with Crippen LogP contribution in [0, 0.1) is 0 Å². The number of benzene rings is 1. The van der Waals surface area contributed by atoms with Crippen molar-refractivity contribution in [1.29, 1.82) is 0 Å². The molecule has 0 spiro atoms. The van der Waals surface area contributed by atoms with Gasteiger partial charge in [-0.05, 0) is 43.4 Å². The zero-order chi connectivity index (χ0) is 14.3. The normalized spacial score (nSPS) is 30.7. The van der Waals surface area contributed by atoms with Crippen molar-refractivity contribution in [3.63, 3.8) is 0 Å². The minimum absolute atomic E-state index is 0.261. The van der Waals surface area contributed by atoms with Crippen molar-refractivity contribution in [3.05, 3.63) is 35.4 Å². The van der Waals surface area contributed by atoms with Gasteiger partial charge in [0.15, 0.2) is 0 Å². The standard InChI is InChI=1S/C15H17ClF3N/c16-12-7-13-5-6-14(8-12)20(13)9-10-1-3-11(4-2-10)15(17,18)19/h1-4,12-14H,5-9H2. The lowest BCUT2D eigenvalue weighted by atomic mass is 10.0. The molecule has 3 rings (SSSR count). The van der Waals surface area contributed by atoms with Gasteiger partial charge in [0.05, 0.1) is 5.56 Å². The van der Waals surface area contributed by atoms with Crippen molar-refractivity contribution in [2.45, 2.75) is 55.9 Å². The smallest absolute Gasteiger partial charge is 0.293 e. The summed E-state index contributed by atoms with van der Waals surface area (Å²) < 4.78 is 37.6. The first-order valence-electron chi connectivity index (χ1n) is 6.99. The van der Waals surface area contributed by atoms with Crippen LogP contribution in [0.2, 0.25) is 0 Å². The third-order valence-electron chi connectivity index (χ3n) is 4.47. The Morgan fingerprint density at radius 3 is 2.10 bits per heavy atom. The maximum absolute atomic E-state index is 12.5. The summed E-state index contributed by atoms with van der Waals surface area (Å²) in [5.41, 5.74) is 0.367. The number of rotatable bonds is 2. The molecule has 2 atom stereocenters.